The van der Waals surface area contributed by atoms with Gasteiger partial charge < -0.3 is 4.74 Å². The summed E-state index contributed by atoms with van der Waals surface area (Å²) in [5.74, 6) is 0.341. The molecule has 2 aromatic rings. The second-order valence-electron chi connectivity index (χ2n) is 4.77. The third kappa shape index (κ3) is 3.80. The number of rotatable bonds is 6. The Hall–Kier alpha value is -2.92. The van der Waals surface area contributed by atoms with Crippen molar-refractivity contribution in [2.45, 2.75) is 32.8 Å². The first kappa shape index (κ1) is 15.5. The van der Waals surface area contributed by atoms with Crippen LogP contribution in [0.3, 0.4) is 0 Å². The van der Waals surface area contributed by atoms with Crippen LogP contribution < -0.4 is 4.74 Å². The molecular weight excluding hydrogens is 276 g/mol. The van der Waals surface area contributed by atoms with E-state index in [2.05, 4.69) is 16.9 Å². The van der Waals surface area contributed by atoms with E-state index in [0.717, 1.165) is 18.4 Å². The Morgan fingerprint density at radius 3 is 2.36 bits per heavy atom. The Morgan fingerprint density at radius 2 is 1.73 bits per heavy atom. The van der Waals surface area contributed by atoms with E-state index in [0.29, 0.717) is 24.6 Å². The van der Waals surface area contributed by atoms with Crippen LogP contribution in [0.5, 0.6) is 5.88 Å². The fourth-order valence-electron chi connectivity index (χ4n) is 1.96. The van der Waals surface area contributed by atoms with E-state index in [9.17, 15) is 0 Å². The molecule has 5 nitrogen and oxygen atoms in total. The molecule has 0 spiro atoms. The van der Waals surface area contributed by atoms with Crippen LogP contribution in [-0.2, 0) is 13.0 Å². The number of ether oxygens (including phenoxy) is 1. The number of aromatic nitrogens is 2. The number of benzene rings is 1. The van der Waals surface area contributed by atoms with E-state index in [4.69, 9.17) is 15.3 Å². The summed E-state index contributed by atoms with van der Waals surface area (Å²) in [7, 11) is 0. The molecule has 0 atom stereocenters. The van der Waals surface area contributed by atoms with Crippen LogP contribution in [0.15, 0.2) is 30.3 Å². The predicted octanol–water partition coefficient (Wildman–Crippen LogP) is 3.14. The summed E-state index contributed by atoms with van der Waals surface area (Å²) in [6.45, 7) is 2.43. The highest BCUT2D eigenvalue weighted by Crippen LogP contribution is 2.19. The molecule has 0 aliphatic heterocycles. The molecule has 0 N–H and O–H groups in total. The molecule has 0 saturated carbocycles. The lowest BCUT2D eigenvalue weighted by Crippen LogP contribution is -2.07. The van der Waals surface area contributed by atoms with Gasteiger partial charge in [0.25, 0.3) is 0 Å². The van der Waals surface area contributed by atoms with Crippen molar-refractivity contribution >= 4 is 0 Å². The highest BCUT2D eigenvalue weighted by atomic mass is 16.5. The van der Waals surface area contributed by atoms with E-state index >= 15 is 0 Å². The number of unbranched alkanes of at least 4 members (excludes halogenated alkanes) is 1. The van der Waals surface area contributed by atoms with Gasteiger partial charge in [0.1, 0.15) is 24.4 Å². The lowest BCUT2D eigenvalue weighted by Gasteiger charge is -2.10. The fraction of sp³-hybridized carbons (Fsp3) is 0.294. The zero-order valence-electron chi connectivity index (χ0n) is 12.4. The minimum absolute atomic E-state index is 0.00538. The van der Waals surface area contributed by atoms with Gasteiger partial charge in [-0.05, 0) is 18.4 Å². The molecule has 0 unspecified atom stereocenters. The van der Waals surface area contributed by atoms with Crippen molar-refractivity contribution < 1.29 is 4.74 Å². The SMILES string of the molecule is CCCCc1nc(C#N)c(C#N)nc1OCc1ccccc1. The summed E-state index contributed by atoms with van der Waals surface area (Å²) in [5, 5.41) is 18.1. The van der Waals surface area contributed by atoms with Crippen molar-refractivity contribution in [2.75, 3.05) is 0 Å². The summed E-state index contributed by atoms with van der Waals surface area (Å²) in [5.41, 5.74) is 1.70. The summed E-state index contributed by atoms with van der Waals surface area (Å²) < 4.78 is 5.73. The van der Waals surface area contributed by atoms with Crippen molar-refractivity contribution in [1.29, 1.82) is 10.5 Å². The Morgan fingerprint density at radius 1 is 1.05 bits per heavy atom. The van der Waals surface area contributed by atoms with Gasteiger partial charge in [0.15, 0.2) is 11.4 Å². The maximum absolute atomic E-state index is 9.07. The lowest BCUT2D eigenvalue weighted by molar-refractivity contribution is 0.287. The van der Waals surface area contributed by atoms with Crippen molar-refractivity contribution in [3.8, 4) is 18.0 Å². The van der Waals surface area contributed by atoms with E-state index in [-0.39, 0.29) is 11.4 Å². The van der Waals surface area contributed by atoms with Gasteiger partial charge >= 0.3 is 0 Å². The molecule has 0 saturated heterocycles. The predicted molar refractivity (Wildman–Crippen MR) is 80.8 cm³/mol. The van der Waals surface area contributed by atoms with E-state index in [1.807, 2.05) is 42.5 Å². The molecule has 1 heterocycles. The average molecular weight is 292 g/mol. The van der Waals surface area contributed by atoms with Gasteiger partial charge in [-0.2, -0.15) is 15.5 Å². The molecule has 5 heteroatoms. The van der Waals surface area contributed by atoms with Crippen LogP contribution in [0.25, 0.3) is 0 Å². The number of hydrogen-bond donors (Lipinski definition) is 0. The molecule has 1 aromatic heterocycles. The normalized spacial score (nSPS) is 9.77. The molecule has 110 valence electrons. The maximum Gasteiger partial charge on any atom is 0.237 e. The molecule has 0 bridgehead atoms. The maximum atomic E-state index is 9.07. The molecule has 0 amide bonds. The van der Waals surface area contributed by atoms with Crippen LogP contribution in [0.2, 0.25) is 0 Å². The zero-order valence-corrected chi connectivity index (χ0v) is 12.4. The first-order chi connectivity index (χ1) is 10.8. The van der Waals surface area contributed by atoms with Crippen LogP contribution in [-0.4, -0.2) is 9.97 Å². The standard InChI is InChI=1S/C17H16N4O/c1-2-3-9-14-17(21-16(11-19)15(10-18)20-14)22-12-13-7-5-4-6-8-13/h4-8H,2-3,9,12H2,1H3. The Labute approximate surface area is 129 Å². The Bertz CT molecular complexity index is 714. The number of nitrogens with zero attached hydrogens (tertiary/aromatic N) is 4. The zero-order chi connectivity index (χ0) is 15.8. The third-order valence-corrected chi connectivity index (χ3v) is 3.13. The van der Waals surface area contributed by atoms with Crippen molar-refractivity contribution in [2.24, 2.45) is 0 Å². The van der Waals surface area contributed by atoms with Crippen molar-refractivity contribution in [3.05, 3.63) is 53.0 Å². The number of nitriles is 2. The van der Waals surface area contributed by atoms with Gasteiger partial charge in [0, 0.05) is 0 Å². The second-order valence-corrected chi connectivity index (χ2v) is 4.77. The topological polar surface area (TPSA) is 82.6 Å². The van der Waals surface area contributed by atoms with Crippen molar-refractivity contribution in [1.82, 2.24) is 9.97 Å². The van der Waals surface area contributed by atoms with Gasteiger partial charge in [0.2, 0.25) is 5.88 Å². The number of aryl methyl sites for hydroxylation is 1. The average Bonchev–Trinajstić information content (AvgIpc) is 2.58. The number of hydrogen-bond acceptors (Lipinski definition) is 5. The van der Waals surface area contributed by atoms with Crippen LogP contribution >= 0.6 is 0 Å². The van der Waals surface area contributed by atoms with Gasteiger partial charge in [-0.15, -0.1) is 0 Å². The highest BCUT2D eigenvalue weighted by Gasteiger charge is 2.14. The molecule has 0 aliphatic carbocycles. The second kappa shape index (κ2) is 7.75. The highest BCUT2D eigenvalue weighted by molar-refractivity contribution is 5.39. The smallest absolute Gasteiger partial charge is 0.237 e. The fourth-order valence-corrected chi connectivity index (χ4v) is 1.96. The van der Waals surface area contributed by atoms with Crippen LogP contribution in [0.1, 0.15) is 42.4 Å². The summed E-state index contributed by atoms with van der Waals surface area (Å²) >= 11 is 0. The Balaban J connectivity index is 2.27. The minimum atomic E-state index is 0.00538. The summed E-state index contributed by atoms with van der Waals surface area (Å²) in [4.78, 5) is 8.40. The Kier molecular flexibility index (Phi) is 5.45. The van der Waals surface area contributed by atoms with E-state index < -0.39 is 0 Å². The molecule has 22 heavy (non-hydrogen) atoms. The largest absolute Gasteiger partial charge is 0.471 e. The lowest BCUT2D eigenvalue weighted by atomic mass is 10.2. The molecule has 1 aromatic carbocycles. The van der Waals surface area contributed by atoms with E-state index in [1.165, 1.54) is 0 Å². The summed E-state index contributed by atoms with van der Waals surface area (Å²) in [6, 6.07) is 13.5. The first-order valence-electron chi connectivity index (χ1n) is 7.16. The molecule has 0 fully saturated rings. The van der Waals surface area contributed by atoms with Gasteiger partial charge in [0.05, 0.1) is 0 Å². The molecule has 0 aliphatic rings. The minimum Gasteiger partial charge on any atom is -0.471 e. The first-order valence-corrected chi connectivity index (χ1v) is 7.16. The molecule has 0 radical (unpaired) electrons. The van der Waals surface area contributed by atoms with Crippen LogP contribution in [0, 0.1) is 22.7 Å². The monoisotopic (exact) mass is 292 g/mol. The van der Waals surface area contributed by atoms with Gasteiger partial charge in [-0.1, -0.05) is 43.7 Å². The van der Waals surface area contributed by atoms with Gasteiger partial charge in [-0.3, -0.25) is 0 Å². The summed E-state index contributed by atoms with van der Waals surface area (Å²) in [6.07, 6.45) is 2.60. The molecule has 2 rings (SSSR count). The quantitative estimate of drug-likeness (QED) is 0.816. The van der Waals surface area contributed by atoms with Crippen molar-refractivity contribution in [3.63, 3.8) is 0 Å². The van der Waals surface area contributed by atoms with Gasteiger partial charge in [-0.25, -0.2) is 4.98 Å². The van der Waals surface area contributed by atoms with Crippen LogP contribution in [0.4, 0.5) is 0 Å². The van der Waals surface area contributed by atoms with E-state index in [1.54, 1.807) is 0 Å². The third-order valence-electron chi connectivity index (χ3n) is 3.13. The molecular formula is C17H16N4O.